The van der Waals surface area contributed by atoms with Gasteiger partial charge in [-0.15, -0.1) is 11.8 Å². The van der Waals surface area contributed by atoms with E-state index in [0.717, 1.165) is 30.6 Å². The Bertz CT molecular complexity index is 556. The second-order valence-electron chi connectivity index (χ2n) is 5.30. The van der Waals surface area contributed by atoms with Crippen LogP contribution >= 0.6 is 11.8 Å². The Hall–Kier alpha value is -1.74. The molecule has 2 rings (SSSR count). The van der Waals surface area contributed by atoms with Gasteiger partial charge >= 0.3 is 0 Å². The van der Waals surface area contributed by atoms with Crippen molar-refractivity contribution in [1.29, 1.82) is 0 Å². The number of hydrogen-bond donors (Lipinski definition) is 1. The number of carbonyl (C=O) groups excluding carboxylic acids is 1. The van der Waals surface area contributed by atoms with Crippen LogP contribution < -0.4 is 5.32 Å². The minimum atomic E-state index is 0.0235. The van der Waals surface area contributed by atoms with Crippen molar-refractivity contribution < 1.29 is 4.79 Å². The van der Waals surface area contributed by atoms with Gasteiger partial charge in [0.1, 0.15) is 0 Å². The van der Waals surface area contributed by atoms with Gasteiger partial charge in [-0.25, -0.2) is 0 Å². The number of hydrogen-bond acceptors (Lipinski definition) is 2. The van der Waals surface area contributed by atoms with E-state index < -0.39 is 0 Å². The Balaban J connectivity index is 1.92. The zero-order valence-corrected chi connectivity index (χ0v) is 13.8. The maximum absolute atomic E-state index is 12.3. The Morgan fingerprint density at radius 2 is 1.68 bits per heavy atom. The third kappa shape index (κ3) is 5.57. The Kier molecular flexibility index (Phi) is 7.04. The molecule has 1 atom stereocenters. The fourth-order valence-corrected chi connectivity index (χ4v) is 3.21. The molecule has 0 saturated carbocycles. The minimum absolute atomic E-state index is 0.0235. The first kappa shape index (κ1) is 16.6. The Morgan fingerprint density at radius 3 is 2.32 bits per heavy atom. The number of carbonyl (C=O) groups is 1. The molecule has 0 radical (unpaired) electrons. The van der Waals surface area contributed by atoms with Gasteiger partial charge in [-0.3, -0.25) is 4.79 Å². The van der Waals surface area contributed by atoms with Gasteiger partial charge in [0.2, 0.25) is 0 Å². The summed E-state index contributed by atoms with van der Waals surface area (Å²) < 4.78 is 0. The van der Waals surface area contributed by atoms with Crippen LogP contribution in [0.4, 0.5) is 0 Å². The average molecular weight is 313 g/mol. The molecule has 0 aromatic heterocycles. The lowest BCUT2D eigenvalue weighted by Crippen LogP contribution is -2.36. The summed E-state index contributed by atoms with van der Waals surface area (Å²) in [7, 11) is 0. The summed E-state index contributed by atoms with van der Waals surface area (Å²) in [5, 5.41) is 3.18. The molecule has 2 nitrogen and oxygen atoms in total. The molecule has 0 fully saturated rings. The molecular formula is C19H23NOS. The van der Waals surface area contributed by atoms with E-state index in [1.54, 1.807) is 11.8 Å². The van der Waals surface area contributed by atoms with Crippen molar-refractivity contribution in [2.24, 2.45) is 0 Å². The standard InChI is InChI=1S/C19H23NOS/c1-2-3-12-17(15-22-18-13-8-5-9-14-18)20-19(21)16-10-6-4-7-11-16/h4-11,13-14,17H,2-3,12,15H2,1H3,(H,20,21). The highest BCUT2D eigenvalue weighted by Gasteiger charge is 2.13. The Labute approximate surface area is 137 Å². The van der Waals surface area contributed by atoms with Crippen molar-refractivity contribution in [3.63, 3.8) is 0 Å². The van der Waals surface area contributed by atoms with Crippen LogP contribution in [0.5, 0.6) is 0 Å². The number of amides is 1. The average Bonchev–Trinajstić information content (AvgIpc) is 2.59. The molecule has 0 saturated heterocycles. The van der Waals surface area contributed by atoms with Gasteiger partial charge in [-0.2, -0.15) is 0 Å². The maximum atomic E-state index is 12.3. The van der Waals surface area contributed by atoms with Crippen LogP contribution in [0.15, 0.2) is 65.6 Å². The van der Waals surface area contributed by atoms with Gasteiger partial charge in [-0.05, 0) is 30.7 Å². The molecule has 116 valence electrons. The van der Waals surface area contributed by atoms with Crippen molar-refractivity contribution in [2.45, 2.75) is 37.1 Å². The molecule has 1 N–H and O–H groups in total. The molecule has 2 aromatic rings. The quantitative estimate of drug-likeness (QED) is 0.711. The first-order chi connectivity index (χ1) is 10.8. The summed E-state index contributed by atoms with van der Waals surface area (Å²) >= 11 is 1.80. The van der Waals surface area contributed by atoms with Crippen molar-refractivity contribution in [3.05, 3.63) is 66.2 Å². The number of benzene rings is 2. The molecule has 22 heavy (non-hydrogen) atoms. The van der Waals surface area contributed by atoms with Crippen molar-refractivity contribution in [2.75, 3.05) is 5.75 Å². The smallest absolute Gasteiger partial charge is 0.251 e. The highest BCUT2D eigenvalue weighted by atomic mass is 32.2. The van der Waals surface area contributed by atoms with Crippen LogP contribution in [0.25, 0.3) is 0 Å². The van der Waals surface area contributed by atoms with Gasteiger partial charge in [0.15, 0.2) is 0 Å². The fraction of sp³-hybridized carbons (Fsp3) is 0.316. The van der Waals surface area contributed by atoms with E-state index in [2.05, 4.69) is 24.4 Å². The highest BCUT2D eigenvalue weighted by molar-refractivity contribution is 7.99. The predicted molar refractivity (Wildman–Crippen MR) is 94.4 cm³/mol. The summed E-state index contributed by atoms with van der Waals surface area (Å²) in [5.74, 6) is 0.929. The first-order valence-corrected chi connectivity index (χ1v) is 8.82. The highest BCUT2D eigenvalue weighted by Crippen LogP contribution is 2.19. The Morgan fingerprint density at radius 1 is 1.05 bits per heavy atom. The van der Waals surface area contributed by atoms with E-state index in [1.807, 2.05) is 48.5 Å². The molecule has 1 unspecified atom stereocenters. The second kappa shape index (κ2) is 9.31. The van der Waals surface area contributed by atoms with Crippen LogP contribution in [-0.4, -0.2) is 17.7 Å². The third-order valence-corrected chi connectivity index (χ3v) is 4.65. The van der Waals surface area contributed by atoms with Crippen LogP contribution in [0, 0.1) is 0 Å². The summed E-state index contributed by atoms with van der Waals surface area (Å²) in [6.07, 6.45) is 3.30. The summed E-state index contributed by atoms with van der Waals surface area (Å²) in [6, 6.07) is 20.0. The maximum Gasteiger partial charge on any atom is 0.251 e. The van der Waals surface area contributed by atoms with Crippen molar-refractivity contribution in [3.8, 4) is 0 Å². The van der Waals surface area contributed by atoms with Gasteiger partial charge in [0, 0.05) is 22.3 Å². The molecule has 3 heteroatoms. The van der Waals surface area contributed by atoms with E-state index in [9.17, 15) is 4.79 Å². The summed E-state index contributed by atoms with van der Waals surface area (Å²) in [6.45, 7) is 2.18. The molecule has 0 aliphatic heterocycles. The molecule has 0 spiro atoms. The number of nitrogens with one attached hydrogen (secondary N) is 1. The van der Waals surface area contributed by atoms with E-state index in [4.69, 9.17) is 0 Å². The summed E-state index contributed by atoms with van der Waals surface area (Å²) in [4.78, 5) is 13.6. The number of unbranched alkanes of at least 4 members (excludes halogenated alkanes) is 1. The lowest BCUT2D eigenvalue weighted by Gasteiger charge is -2.18. The monoisotopic (exact) mass is 313 g/mol. The van der Waals surface area contributed by atoms with Crippen LogP contribution in [0.1, 0.15) is 36.5 Å². The van der Waals surface area contributed by atoms with Crippen LogP contribution in [0.3, 0.4) is 0 Å². The molecule has 0 heterocycles. The third-order valence-electron chi connectivity index (χ3n) is 3.47. The number of thioether (sulfide) groups is 1. The zero-order valence-electron chi connectivity index (χ0n) is 13.0. The molecule has 0 aliphatic carbocycles. The summed E-state index contributed by atoms with van der Waals surface area (Å²) in [5.41, 5.74) is 0.730. The lowest BCUT2D eigenvalue weighted by molar-refractivity contribution is 0.0938. The fourth-order valence-electron chi connectivity index (χ4n) is 2.22. The molecule has 0 aliphatic rings. The molecular weight excluding hydrogens is 290 g/mol. The van der Waals surface area contributed by atoms with Gasteiger partial charge in [0.05, 0.1) is 0 Å². The SMILES string of the molecule is CCCCC(CSc1ccccc1)NC(=O)c1ccccc1. The van der Waals surface area contributed by atoms with E-state index in [-0.39, 0.29) is 11.9 Å². The first-order valence-electron chi connectivity index (χ1n) is 7.83. The zero-order chi connectivity index (χ0) is 15.6. The second-order valence-corrected chi connectivity index (χ2v) is 6.40. The number of rotatable bonds is 8. The topological polar surface area (TPSA) is 29.1 Å². The largest absolute Gasteiger partial charge is 0.348 e. The molecule has 1 amide bonds. The van der Waals surface area contributed by atoms with Crippen molar-refractivity contribution in [1.82, 2.24) is 5.32 Å². The van der Waals surface area contributed by atoms with Crippen LogP contribution in [0.2, 0.25) is 0 Å². The van der Waals surface area contributed by atoms with Gasteiger partial charge in [-0.1, -0.05) is 56.2 Å². The predicted octanol–water partition coefficient (Wildman–Crippen LogP) is 4.77. The van der Waals surface area contributed by atoms with E-state index in [1.165, 1.54) is 4.90 Å². The van der Waals surface area contributed by atoms with E-state index in [0.29, 0.717) is 0 Å². The van der Waals surface area contributed by atoms with E-state index >= 15 is 0 Å². The van der Waals surface area contributed by atoms with Gasteiger partial charge in [0.25, 0.3) is 5.91 Å². The molecule has 0 bridgehead atoms. The lowest BCUT2D eigenvalue weighted by atomic mass is 10.1. The molecule has 2 aromatic carbocycles. The van der Waals surface area contributed by atoms with Crippen molar-refractivity contribution >= 4 is 17.7 Å². The minimum Gasteiger partial charge on any atom is -0.348 e. The van der Waals surface area contributed by atoms with Gasteiger partial charge < -0.3 is 5.32 Å². The normalized spacial score (nSPS) is 11.9. The van der Waals surface area contributed by atoms with Crippen LogP contribution in [-0.2, 0) is 0 Å².